The maximum absolute atomic E-state index is 14.0. The van der Waals surface area contributed by atoms with Crippen molar-refractivity contribution >= 4 is 50.2 Å². The summed E-state index contributed by atoms with van der Waals surface area (Å²) in [5, 5.41) is 3.63. The zero-order chi connectivity index (χ0) is 30.1. The van der Waals surface area contributed by atoms with Gasteiger partial charge in [-0.2, -0.15) is 0 Å². The number of hydrogen-bond acceptors (Lipinski definition) is 6. The normalized spacial score (nSPS) is 21.5. The van der Waals surface area contributed by atoms with Crippen LogP contribution in [0.25, 0.3) is 22.0 Å². The van der Waals surface area contributed by atoms with Crippen molar-refractivity contribution in [1.82, 2.24) is 24.4 Å². The Bertz CT molecular complexity index is 1800. The van der Waals surface area contributed by atoms with E-state index in [-0.39, 0.29) is 41.6 Å². The third-order valence-electron chi connectivity index (χ3n) is 8.41. The second kappa shape index (κ2) is 9.87. The third-order valence-corrected chi connectivity index (χ3v) is 8.82. The van der Waals surface area contributed by atoms with Crippen molar-refractivity contribution in [3.63, 3.8) is 0 Å². The number of carbonyl (C=O) groups is 3. The average Bonchev–Trinajstić information content (AvgIpc) is 3.28. The predicted octanol–water partition coefficient (Wildman–Crippen LogP) is 5.40. The van der Waals surface area contributed by atoms with E-state index in [4.69, 9.17) is 1.37 Å². The molecule has 0 bridgehead atoms. The van der Waals surface area contributed by atoms with Gasteiger partial charge < -0.3 is 14.8 Å². The SMILES string of the molecule is [2H]c1cc(Br)nc(NC(=O)[C@@H]2C[C@@]3(C)C[C@H]3N2C(=O)Cn2cc(C(C)=O)c3cc(-c4cnc(C)nc4)cc(C)c32)c1C. The van der Waals surface area contributed by atoms with Crippen molar-refractivity contribution in [3.8, 4) is 11.1 Å². The summed E-state index contributed by atoms with van der Waals surface area (Å²) in [7, 11) is 0. The van der Waals surface area contributed by atoms with Gasteiger partial charge in [-0.25, -0.2) is 15.0 Å². The van der Waals surface area contributed by atoms with Gasteiger partial charge in [-0.1, -0.05) is 13.0 Å². The molecule has 1 saturated heterocycles. The molecule has 0 radical (unpaired) electrons. The first-order chi connectivity index (χ1) is 19.9. The summed E-state index contributed by atoms with van der Waals surface area (Å²) < 4.78 is 10.4. The molecule has 3 aromatic heterocycles. The van der Waals surface area contributed by atoms with Gasteiger partial charge in [0, 0.05) is 41.1 Å². The fourth-order valence-corrected chi connectivity index (χ4v) is 6.43. The molecule has 0 spiro atoms. The Balaban J connectivity index is 1.32. The van der Waals surface area contributed by atoms with Gasteiger partial charge in [-0.15, -0.1) is 0 Å². The van der Waals surface area contributed by atoms with Crippen LogP contribution in [0.2, 0.25) is 0 Å². The van der Waals surface area contributed by atoms with Gasteiger partial charge in [0.25, 0.3) is 0 Å². The number of piperidine rings is 1. The molecule has 1 N–H and O–H groups in total. The lowest BCUT2D eigenvalue weighted by molar-refractivity contribution is -0.138. The molecule has 2 fully saturated rings. The van der Waals surface area contributed by atoms with Crippen LogP contribution in [0.1, 0.15) is 55.4 Å². The fourth-order valence-electron chi connectivity index (χ4n) is 6.14. The number of benzene rings is 1. The molecule has 9 nitrogen and oxygen atoms in total. The summed E-state index contributed by atoms with van der Waals surface area (Å²) in [6.45, 7) is 9.15. The first kappa shape index (κ1) is 26.0. The summed E-state index contributed by atoms with van der Waals surface area (Å²) in [5.74, 6) is 0.402. The largest absolute Gasteiger partial charge is 0.337 e. The van der Waals surface area contributed by atoms with Crippen molar-refractivity contribution in [2.24, 2.45) is 5.41 Å². The Kier molecular flexibility index (Phi) is 6.26. The van der Waals surface area contributed by atoms with E-state index in [2.05, 4.69) is 43.1 Å². The molecule has 1 aliphatic heterocycles. The first-order valence-corrected chi connectivity index (χ1v) is 14.3. The lowest BCUT2D eigenvalue weighted by atomic mass is 10.0. The zero-order valence-electron chi connectivity index (χ0n) is 24.6. The molecule has 41 heavy (non-hydrogen) atoms. The number of carbonyl (C=O) groups excluding carboxylic acids is 3. The van der Waals surface area contributed by atoms with E-state index in [0.717, 1.165) is 34.0 Å². The van der Waals surface area contributed by atoms with E-state index in [1.807, 2.05) is 30.5 Å². The molecule has 2 amide bonds. The molecule has 1 aromatic carbocycles. The molecular formula is C31H31BrN6O3. The number of rotatable bonds is 6. The number of likely N-dealkylation sites (tertiary alicyclic amines) is 1. The zero-order valence-corrected chi connectivity index (χ0v) is 25.2. The summed E-state index contributed by atoms with van der Waals surface area (Å²) in [6, 6.07) is 5.12. The van der Waals surface area contributed by atoms with Crippen LogP contribution in [0, 0.1) is 26.2 Å². The van der Waals surface area contributed by atoms with Crippen molar-refractivity contribution in [2.75, 3.05) is 5.32 Å². The number of hydrogen-bond donors (Lipinski definition) is 1. The molecule has 1 aliphatic carbocycles. The monoisotopic (exact) mass is 615 g/mol. The van der Waals surface area contributed by atoms with Crippen LogP contribution in [0.3, 0.4) is 0 Å². The van der Waals surface area contributed by atoms with Crippen molar-refractivity contribution in [1.29, 1.82) is 0 Å². The number of amides is 2. The van der Waals surface area contributed by atoms with Gasteiger partial charge in [-0.3, -0.25) is 14.4 Å². The maximum Gasteiger partial charge on any atom is 0.248 e. The number of halogens is 1. The number of aromatic nitrogens is 4. The predicted molar refractivity (Wildman–Crippen MR) is 160 cm³/mol. The Morgan fingerprint density at radius 2 is 1.85 bits per heavy atom. The third kappa shape index (κ3) is 4.84. The number of fused-ring (bicyclic) bond motifs is 2. The van der Waals surface area contributed by atoms with E-state index < -0.39 is 6.04 Å². The number of ketones is 1. The standard InChI is InChI=1S/C31H31BrN6O3/c1-16-6-7-26(32)35-29(16)36-30(41)24-10-31(5)11-25(31)38(24)27(40)15-37-14-23(18(3)39)22-9-20(8-17(2)28(22)37)21-12-33-19(4)34-13-21/h6-9,12-14,24-25H,10-11,15H2,1-5H3,(H,35,36,41)/t24-,25+,31-/m0/s1/i6D. The highest BCUT2D eigenvalue weighted by atomic mass is 79.9. The van der Waals surface area contributed by atoms with E-state index >= 15 is 0 Å². The van der Waals surface area contributed by atoms with Crippen LogP contribution in [0.4, 0.5) is 5.82 Å². The molecular weight excluding hydrogens is 584 g/mol. The van der Waals surface area contributed by atoms with Crippen LogP contribution in [-0.2, 0) is 16.1 Å². The molecule has 0 unspecified atom stereocenters. The number of aryl methyl sites for hydroxylation is 2. The van der Waals surface area contributed by atoms with Crippen LogP contribution in [-0.4, -0.2) is 54.1 Å². The number of nitrogens with zero attached hydrogens (tertiary/aromatic N) is 5. The molecule has 210 valence electrons. The van der Waals surface area contributed by atoms with Gasteiger partial charge in [-0.05, 0) is 96.8 Å². The Hall–Kier alpha value is -3.92. The second-order valence-corrected chi connectivity index (χ2v) is 12.3. The van der Waals surface area contributed by atoms with Crippen LogP contribution in [0.5, 0.6) is 0 Å². The number of Topliss-reactive ketones (excluding diaryl/α,β-unsaturated/α-hetero) is 1. The molecule has 10 heteroatoms. The highest BCUT2D eigenvalue weighted by molar-refractivity contribution is 9.10. The van der Waals surface area contributed by atoms with Crippen molar-refractivity contribution < 1.29 is 15.8 Å². The summed E-state index contributed by atoms with van der Waals surface area (Å²) in [4.78, 5) is 54.9. The van der Waals surface area contributed by atoms with E-state index in [9.17, 15) is 14.4 Å². The Morgan fingerprint density at radius 1 is 1.12 bits per heavy atom. The molecule has 2 aliphatic rings. The topological polar surface area (TPSA) is 110 Å². The number of pyridine rings is 1. The average molecular weight is 617 g/mol. The van der Waals surface area contributed by atoms with Crippen molar-refractivity contribution in [2.45, 2.75) is 66.1 Å². The molecule has 6 rings (SSSR count). The maximum atomic E-state index is 14.0. The Labute approximate surface area is 247 Å². The molecule has 3 atom stereocenters. The van der Waals surface area contributed by atoms with E-state index in [0.29, 0.717) is 33.8 Å². The summed E-state index contributed by atoms with van der Waals surface area (Å²) >= 11 is 3.30. The minimum atomic E-state index is -0.654. The minimum Gasteiger partial charge on any atom is -0.337 e. The van der Waals surface area contributed by atoms with Gasteiger partial charge in [0.2, 0.25) is 11.8 Å². The Morgan fingerprint density at radius 3 is 2.56 bits per heavy atom. The van der Waals surface area contributed by atoms with Crippen LogP contribution < -0.4 is 5.32 Å². The van der Waals surface area contributed by atoms with E-state index in [1.165, 1.54) is 6.92 Å². The molecule has 1 saturated carbocycles. The first-order valence-electron chi connectivity index (χ1n) is 14.1. The summed E-state index contributed by atoms with van der Waals surface area (Å²) in [6.07, 6.45) is 6.67. The van der Waals surface area contributed by atoms with Gasteiger partial charge in [0.05, 0.1) is 6.89 Å². The fraction of sp³-hybridized carbons (Fsp3) is 0.355. The number of anilines is 1. The summed E-state index contributed by atoms with van der Waals surface area (Å²) in [5.41, 5.74) is 4.44. The van der Waals surface area contributed by atoms with Gasteiger partial charge in [0.1, 0.15) is 28.8 Å². The van der Waals surface area contributed by atoms with Crippen LogP contribution >= 0.6 is 15.9 Å². The second-order valence-electron chi connectivity index (χ2n) is 11.5. The van der Waals surface area contributed by atoms with Gasteiger partial charge in [0.15, 0.2) is 5.78 Å². The lowest BCUT2D eigenvalue weighted by Crippen LogP contribution is -2.46. The van der Waals surface area contributed by atoms with E-state index in [1.54, 1.807) is 36.5 Å². The highest BCUT2D eigenvalue weighted by Gasteiger charge is 2.64. The quantitative estimate of drug-likeness (QED) is 0.230. The van der Waals surface area contributed by atoms with Gasteiger partial charge >= 0.3 is 0 Å². The highest BCUT2D eigenvalue weighted by Crippen LogP contribution is 2.59. The molecule has 4 heterocycles. The molecule has 4 aromatic rings. The number of nitrogens with one attached hydrogen (secondary N) is 1. The smallest absolute Gasteiger partial charge is 0.248 e. The minimum absolute atomic E-state index is 0.000992. The lowest BCUT2D eigenvalue weighted by Gasteiger charge is -2.27. The van der Waals surface area contributed by atoms with Crippen molar-refractivity contribution in [3.05, 3.63) is 70.0 Å². The van der Waals surface area contributed by atoms with Crippen LogP contribution in [0.15, 0.2) is 47.4 Å².